The summed E-state index contributed by atoms with van der Waals surface area (Å²) in [6, 6.07) is 23.8. The van der Waals surface area contributed by atoms with E-state index in [1.807, 2.05) is 48.5 Å². The first kappa shape index (κ1) is 45.7. The Bertz CT molecular complexity index is 1600. The maximum atomic E-state index is 10.8. The van der Waals surface area contributed by atoms with Gasteiger partial charge in [-0.1, -0.05) is 12.1 Å². The molecule has 0 saturated heterocycles. The first-order valence-electron chi connectivity index (χ1n) is 13.3. The van der Waals surface area contributed by atoms with Crippen molar-refractivity contribution in [3.05, 3.63) is 124 Å². The van der Waals surface area contributed by atoms with Crippen molar-refractivity contribution in [1.82, 2.24) is 9.97 Å². The molecule has 2 heterocycles. The molecule has 3 aromatic carbocycles. The molecule has 0 unspecified atom stereocenters. The Morgan fingerprint density at radius 1 is 0.543 bits per heavy atom. The molecule has 46 heavy (non-hydrogen) atoms. The molecule has 5 aromatic rings. The summed E-state index contributed by atoms with van der Waals surface area (Å²) in [7, 11) is 0. The average Bonchev–Trinajstić information content (AvgIpc) is 2.94. The van der Waals surface area contributed by atoms with Gasteiger partial charge in [-0.2, -0.15) is 0 Å². The van der Waals surface area contributed by atoms with Crippen LogP contribution in [0.25, 0.3) is 22.3 Å². The molecule has 0 bridgehead atoms. The summed E-state index contributed by atoms with van der Waals surface area (Å²) >= 11 is 0. The normalized spacial score (nSPS) is 10.0. The molecule has 0 aliphatic carbocycles. The van der Waals surface area contributed by atoms with E-state index in [9.17, 15) is 5.11 Å². The van der Waals surface area contributed by atoms with Crippen LogP contribution < -0.4 is 0 Å². The summed E-state index contributed by atoms with van der Waals surface area (Å²) in [5, 5.41) is 10.8. The van der Waals surface area contributed by atoms with Gasteiger partial charge in [-0.05, 0) is 145 Å². The van der Waals surface area contributed by atoms with Crippen LogP contribution >= 0.6 is 49.6 Å². The van der Waals surface area contributed by atoms with Gasteiger partial charge < -0.3 is 5.11 Å². The maximum absolute atomic E-state index is 10.8. The van der Waals surface area contributed by atoms with Crippen molar-refractivity contribution in [1.29, 1.82) is 0 Å². The number of hydrogen-bond donors (Lipinski definition) is 1. The fraction of sp³-hybridized carbons (Fsp3) is 0.143. The van der Waals surface area contributed by atoms with E-state index in [0.29, 0.717) is 0 Å². The Hall–Kier alpha value is -2.42. The molecular formula is C35H36Cl4N4OPd2. The van der Waals surface area contributed by atoms with Crippen LogP contribution in [0.5, 0.6) is 5.75 Å². The van der Waals surface area contributed by atoms with E-state index in [1.165, 1.54) is 0 Å². The van der Waals surface area contributed by atoms with Gasteiger partial charge in [-0.3, -0.25) is 20.0 Å². The number of benzene rings is 3. The topological polar surface area (TPSA) is 70.7 Å². The zero-order chi connectivity index (χ0) is 28.2. The van der Waals surface area contributed by atoms with Gasteiger partial charge in [0.15, 0.2) is 0 Å². The Kier molecular flexibility index (Phi) is 20.6. The molecule has 5 nitrogen and oxygen atoms in total. The third kappa shape index (κ3) is 10.8. The number of hydrogen-bond acceptors (Lipinski definition) is 5. The molecule has 250 valence electrons. The molecule has 0 spiro atoms. The third-order valence-corrected chi connectivity index (χ3v) is 7.02. The van der Waals surface area contributed by atoms with Gasteiger partial charge >= 0.3 is 0 Å². The van der Waals surface area contributed by atoms with Crippen LogP contribution in [0.4, 0.5) is 11.4 Å². The second-order valence-electron chi connectivity index (χ2n) is 10.1. The van der Waals surface area contributed by atoms with Crippen molar-refractivity contribution in [2.75, 3.05) is 0 Å². The molecule has 11 heteroatoms. The van der Waals surface area contributed by atoms with Crippen molar-refractivity contribution in [3.63, 3.8) is 0 Å². The Morgan fingerprint density at radius 2 is 0.891 bits per heavy atom. The summed E-state index contributed by atoms with van der Waals surface area (Å²) in [5.74, 6) is 0.232. The van der Waals surface area contributed by atoms with Gasteiger partial charge in [0.2, 0.25) is 0 Å². The van der Waals surface area contributed by atoms with Crippen molar-refractivity contribution in [2.24, 2.45) is 9.98 Å². The molecule has 0 saturated carbocycles. The summed E-state index contributed by atoms with van der Waals surface area (Å²) in [5.41, 5.74) is 12.9. The van der Waals surface area contributed by atoms with Gasteiger partial charge in [-0.15, -0.1) is 49.6 Å². The zero-order valence-electron chi connectivity index (χ0n) is 25.7. The van der Waals surface area contributed by atoms with E-state index in [4.69, 9.17) is 9.98 Å². The number of aromatic nitrogens is 2. The SMILES string of the molecule is Cc1cc(-c2cc(O)cc(-c3cc(C)c(N=Cc4ccccn4)c(C)c3)c2C)cc(C)c1N=Cc1ccccn1.Cl.Cl.Cl.Cl.[Pd].[Pd]. The van der Waals surface area contributed by atoms with Gasteiger partial charge in [0.05, 0.1) is 35.2 Å². The average molecular weight is 883 g/mol. The molecule has 0 fully saturated rings. The number of aliphatic imine (C=N–C) groups is 2. The third-order valence-electron chi connectivity index (χ3n) is 7.02. The van der Waals surface area contributed by atoms with Crippen LogP contribution in [0.3, 0.4) is 0 Å². The van der Waals surface area contributed by atoms with Crippen LogP contribution in [0, 0.1) is 34.6 Å². The number of pyridine rings is 2. The fourth-order valence-electron chi connectivity index (χ4n) is 5.09. The largest absolute Gasteiger partial charge is 0.508 e. The van der Waals surface area contributed by atoms with Crippen LogP contribution in [-0.4, -0.2) is 27.5 Å². The van der Waals surface area contributed by atoms with Crippen molar-refractivity contribution < 1.29 is 46.0 Å². The van der Waals surface area contributed by atoms with Gasteiger partial charge in [0.1, 0.15) is 5.75 Å². The number of rotatable bonds is 6. The number of phenols is 1. The summed E-state index contributed by atoms with van der Waals surface area (Å²) in [4.78, 5) is 18.1. The van der Waals surface area contributed by atoms with Gasteiger partial charge in [0.25, 0.3) is 0 Å². The van der Waals surface area contributed by atoms with E-state index in [1.54, 1.807) is 24.8 Å². The monoisotopic (exact) mass is 880 g/mol. The van der Waals surface area contributed by atoms with Crippen LogP contribution in [0.15, 0.2) is 95.2 Å². The molecule has 0 atom stereocenters. The summed E-state index contributed by atoms with van der Waals surface area (Å²) in [6.45, 7) is 10.4. The van der Waals surface area contributed by atoms with E-state index in [2.05, 4.69) is 68.9 Å². The van der Waals surface area contributed by atoms with E-state index >= 15 is 0 Å². The molecule has 2 aromatic heterocycles. The van der Waals surface area contributed by atoms with Gasteiger partial charge in [-0.25, -0.2) is 0 Å². The van der Waals surface area contributed by atoms with E-state index in [-0.39, 0.29) is 96.2 Å². The van der Waals surface area contributed by atoms with Crippen LogP contribution in [-0.2, 0) is 40.8 Å². The smallest absolute Gasteiger partial charge is 0.116 e. The molecule has 0 radical (unpaired) electrons. The first-order chi connectivity index (χ1) is 19.3. The van der Waals surface area contributed by atoms with Crippen molar-refractivity contribution >= 4 is 73.4 Å². The quantitative estimate of drug-likeness (QED) is 0.136. The maximum Gasteiger partial charge on any atom is 0.116 e. The molecule has 5 rings (SSSR count). The Balaban J connectivity index is 0. The van der Waals surface area contributed by atoms with Crippen LogP contribution in [0.2, 0.25) is 0 Å². The van der Waals surface area contributed by atoms with Gasteiger partial charge in [0, 0.05) is 53.2 Å². The summed E-state index contributed by atoms with van der Waals surface area (Å²) < 4.78 is 0. The second-order valence-corrected chi connectivity index (χ2v) is 10.1. The molecular weight excluding hydrogens is 847 g/mol. The zero-order valence-corrected chi connectivity index (χ0v) is 32.1. The van der Waals surface area contributed by atoms with E-state index < -0.39 is 0 Å². The Morgan fingerprint density at radius 3 is 1.20 bits per heavy atom. The minimum absolute atomic E-state index is 0. The van der Waals surface area contributed by atoms with Crippen molar-refractivity contribution in [2.45, 2.75) is 34.6 Å². The number of aryl methyl sites for hydroxylation is 4. The van der Waals surface area contributed by atoms with E-state index in [0.717, 1.165) is 72.8 Å². The summed E-state index contributed by atoms with van der Waals surface area (Å²) in [6.07, 6.45) is 7.11. The number of nitrogens with zero attached hydrogens (tertiary/aromatic N) is 4. The Labute approximate surface area is 323 Å². The molecule has 1 N–H and O–H groups in total. The number of aromatic hydroxyl groups is 1. The van der Waals surface area contributed by atoms with Crippen molar-refractivity contribution in [3.8, 4) is 28.0 Å². The fourth-order valence-corrected chi connectivity index (χ4v) is 5.09. The standard InChI is InChI=1S/C35H32N4O.4ClH.2Pd/c1-22-14-27(15-23(2)34(22)38-20-29-10-6-8-12-36-29)32-18-31(40)19-33(26(32)5)28-16-24(3)35(25(4)17-28)39-21-30-11-7-9-13-37-30;;;;;;/h6-21,40H,1-5H3;4*1H;;. The second kappa shape index (κ2) is 20.7. The predicted octanol–water partition coefficient (Wildman–Crippen LogP) is 10.2. The van der Waals surface area contributed by atoms with Crippen LogP contribution in [0.1, 0.15) is 39.2 Å². The minimum atomic E-state index is 0. The number of phenolic OH excluding ortho intramolecular Hbond substituents is 1. The first-order valence-corrected chi connectivity index (χ1v) is 13.3. The minimum Gasteiger partial charge on any atom is -0.508 e. The number of halogens is 4. The predicted molar refractivity (Wildman–Crippen MR) is 195 cm³/mol. The molecule has 0 aliphatic heterocycles. The molecule has 0 amide bonds. The molecule has 0 aliphatic rings.